The van der Waals surface area contributed by atoms with E-state index < -0.39 is 0 Å². The van der Waals surface area contributed by atoms with Crippen molar-refractivity contribution in [3.8, 4) is 0 Å². The van der Waals surface area contributed by atoms with Crippen LogP contribution in [0, 0.1) is 0 Å². The molecule has 4 rings (SSSR count). The Hall–Kier alpha value is -2.11. The van der Waals surface area contributed by atoms with Crippen molar-refractivity contribution in [1.82, 2.24) is 0 Å². The fourth-order valence-corrected chi connectivity index (χ4v) is 6.71. The number of rotatable bonds is 4. The number of hydrogen-bond donors (Lipinski definition) is 0. The summed E-state index contributed by atoms with van der Waals surface area (Å²) >= 11 is 3.40. The smallest absolute Gasteiger partial charge is 0.183 e. The summed E-state index contributed by atoms with van der Waals surface area (Å²) in [5.74, 6) is 0.0367. The number of ketones is 1. The van der Waals surface area contributed by atoms with E-state index in [0.29, 0.717) is 0 Å². The largest absolute Gasteiger partial charge is 0.335 e. The van der Waals surface area contributed by atoms with Crippen molar-refractivity contribution >= 4 is 40.7 Å². The van der Waals surface area contributed by atoms with Crippen LogP contribution in [-0.2, 0) is 15.6 Å². The van der Waals surface area contributed by atoms with Gasteiger partial charge in [0, 0.05) is 35.0 Å². The molecule has 0 aromatic heterocycles. The zero-order valence-corrected chi connectivity index (χ0v) is 23.3. The van der Waals surface area contributed by atoms with Crippen molar-refractivity contribution in [2.24, 2.45) is 0 Å². The molecule has 5 heteroatoms. The molecule has 0 aliphatic carbocycles. The molecule has 0 unspecified atom stereocenters. The normalized spacial score (nSPS) is 18.1. The zero-order chi connectivity index (χ0) is 24.8. The van der Waals surface area contributed by atoms with Crippen LogP contribution >= 0.6 is 23.5 Å². The lowest BCUT2D eigenvalue weighted by Gasteiger charge is -2.21. The van der Waals surface area contributed by atoms with Crippen LogP contribution in [0.3, 0.4) is 0 Å². The standard InChI is InChI=1S/C29H36N2OS2/c1-9-30-22-13-11-19(28(3,4)5)15-24(22)33-26(30)17-21(32)18-27-31(10-2)23-14-12-20(29(6,7)8)16-25(23)34-27/h11-18H,9-10H2,1-8H3/b26-17-,27-18-. The maximum absolute atomic E-state index is 13.2. The molecule has 0 fully saturated rings. The first-order chi connectivity index (χ1) is 15.9. The summed E-state index contributed by atoms with van der Waals surface area (Å²) in [4.78, 5) is 20.1. The average Bonchev–Trinajstić information content (AvgIpc) is 3.27. The molecule has 2 aromatic carbocycles. The fourth-order valence-electron chi connectivity index (χ4n) is 4.30. The summed E-state index contributed by atoms with van der Waals surface area (Å²) in [6.07, 6.45) is 3.60. The minimum absolute atomic E-state index is 0.0367. The maximum Gasteiger partial charge on any atom is 0.183 e. The third-order valence-corrected chi connectivity index (χ3v) is 8.55. The summed E-state index contributed by atoms with van der Waals surface area (Å²) in [5.41, 5.74) is 5.23. The van der Waals surface area contributed by atoms with E-state index >= 15 is 0 Å². The Morgan fingerprint density at radius 1 is 0.735 bits per heavy atom. The summed E-state index contributed by atoms with van der Waals surface area (Å²) in [6.45, 7) is 19.4. The average molecular weight is 493 g/mol. The molecule has 0 bridgehead atoms. The second-order valence-electron chi connectivity index (χ2n) is 10.9. The van der Waals surface area contributed by atoms with Gasteiger partial charge in [-0.3, -0.25) is 4.79 Å². The number of carbonyl (C=O) groups excluding carboxylic acids is 1. The van der Waals surface area contributed by atoms with Crippen molar-refractivity contribution < 1.29 is 4.79 Å². The Morgan fingerprint density at radius 3 is 1.44 bits per heavy atom. The molecule has 0 atom stereocenters. The topological polar surface area (TPSA) is 23.6 Å². The monoisotopic (exact) mass is 492 g/mol. The van der Waals surface area contributed by atoms with E-state index in [2.05, 4.69) is 102 Å². The third-order valence-electron chi connectivity index (χ3n) is 6.36. The van der Waals surface area contributed by atoms with Gasteiger partial charge in [0.2, 0.25) is 0 Å². The van der Waals surface area contributed by atoms with Crippen molar-refractivity contribution in [1.29, 1.82) is 0 Å². The van der Waals surface area contributed by atoms with Crippen molar-refractivity contribution in [3.63, 3.8) is 0 Å². The number of thioether (sulfide) groups is 2. The molecular formula is C29H36N2OS2. The third kappa shape index (κ3) is 4.83. The number of allylic oxidation sites excluding steroid dienone is 2. The SMILES string of the molecule is CCN1/C(=C/C(=O)/C=C2\Sc3cc(C(C)(C)C)ccc3N2CC)Sc2cc(C(C)(C)C)ccc21. The highest BCUT2D eigenvalue weighted by Gasteiger charge is 2.29. The zero-order valence-electron chi connectivity index (χ0n) is 21.7. The number of hydrogen-bond acceptors (Lipinski definition) is 5. The van der Waals surface area contributed by atoms with Crippen molar-refractivity contribution in [2.75, 3.05) is 22.9 Å². The van der Waals surface area contributed by atoms with Crippen LogP contribution in [0.2, 0.25) is 0 Å². The Morgan fingerprint density at radius 2 is 1.12 bits per heavy atom. The second-order valence-corrected chi connectivity index (χ2v) is 13.0. The van der Waals surface area contributed by atoms with E-state index in [1.807, 2.05) is 0 Å². The van der Waals surface area contributed by atoms with Gasteiger partial charge in [-0.15, -0.1) is 0 Å². The van der Waals surface area contributed by atoms with E-state index in [4.69, 9.17) is 0 Å². The first-order valence-electron chi connectivity index (χ1n) is 12.1. The Balaban J connectivity index is 1.60. The Kier molecular flexibility index (Phi) is 6.73. The van der Waals surface area contributed by atoms with Crippen LogP contribution in [0.4, 0.5) is 11.4 Å². The Bertz CT molecular complexity index is 1090. The highest BCUT2D eigenvalue weighted by Crippen LogP contribution is 2.49. The molecule has 0 N–H and O–H groups in total. The van der Waals surface area contributed by atoms with Crippen LogP contribution in [0.1, 0.15) is 66.5 Å². The molecule has 2 aliphatic heterocycles. The van der Waals surface area contributed by atoms with Gasteiger partial charge in [0.25, 0.3) is 0 Å². The van der Waals surface area contributed by atoms with Crippen LogP contribution < -0.4 is 9.80 Å². The minimum atomic E-state index is 0.0367. The first kappa shape index (κ1) is 25.0. The first-order valence-corrected chi connectivity index (χ1v) is 13.7. The van der Waals surface area contributed by atoms with Gasteiger partial charge in [-0.1, -0.05) is 77.2 Å². The van der Waals surface area contributed by atoms with E-state index in [1.54, 1.807) is 35.7 Å². The predicted molar refractivity (Wildman–Crippen MR) is 149 cm³/mol. The van der Waals surface area contributed by atoms with Crippen LogP contribution in [0.15, 0.2) is 68.4 Å². The number of anilines is 2. The molecule has 0 amide bonds. The van der Waals surface area contributed by atoms with Crippen LogP contribution in [0.5, 0.6) is 0 Å². The summed E-state index contributed by atoms with van der Waals surface area (Å²) in [7, 11) is 0. The van der Waals surface area contributed by atoms with Crippen molar-refractivity contribution in [2.45, 2.75) is 76.0 Å². The summed E-state index contributed by atoms with van der Waals surface area (Å²) in [6, 6.07) is 13.4. The van der Waals surface area contributed by atoms with Gasteiger partial charge in [-0.2, -0.15) is 0 Å². The summed E-state index contributed by atoms with van der Waals surface area (Å²) in [5, 5.41) is 2.01. The highest BCUT2D eigenvalue weighted by molar-refractivity contribution is 8.04. The molecule has 0 saturated carbocycles. The van der Waals surface area contributed by atoms with Crippen LogP contribution in [0.25, 0.3) is 0 Å². The van der Waals surface area contributed by atoms with Gasteiger partial charge in [-0.05, 0) is 60.1 Å². The van der Waals surface area contributed by atoms with Gasteiger partial charge < -0.3 is 9.80 Å². The molecule has 0 radical (unpaired) electrons. The molecule has 0 saturated heterocycles. The quantitative estimate of drug-likeness (QED) is 0.401. The second kappa shape index (κ2) is 9.16. The van der Waals surface area contributed by atoms with Crippen LogP contribution in [-0.4, -0.2) is 18.9 Å². The molecule has 2 aromatic rings. The molecule has 34 heavy (non-hydrogen) atoms. The Labute approximate surface area is 213 Å². The van der Waals surface area contributed by atoms with Gasteiger partial charge in [0.15, 0.2) is 5.78 Å². The van der Waals surface area contributed by atoms with E-state index in [0.717, 1.165) is 23.1 Å². The lowest BCUT2D eigenvalue weighted by molar-refractivity contribution is -0.110. The minimum Gasteiger partial charge on any atom is -0.335 e. The predicted octanol–water partition coefficient (Wildman–Crippen LogP) is 8.10. The van der Waals surface area contributed by atoms with Gasteiger partial charge in [0.1, 0.15) is 0 Å². The molecule has 0 spiro atoms. The molecule has 3 nitrogen and oxygen atoms in total. The summed E-state index contributed by atoms with van der Waals surface area (Å²) < 4.78 is 0. The van der Waals surface area contributed by atoms with E-state index in [9.17, 15) is 4.79 Å². The van der Waals surface area contributed by atoms with E-state index in [-0.39, 0.29) is 16.6 Å². The molecule has 180 valence electrons. The number of nitrogens with zero attached hydrogens (tertiary/aromatic N) is 2. The fraction of sp³-hybridized carbons (Fsp3) is 0.414. The van der Waals surface area contributed by atoms with Gasteiger partial charge >= 0.3 is 0 Å². The number of benzene rings is 2. The number of fused-ring (bicyclic) bond motifs is 2. The lowest BCUT2D eigenvalue weighted by Crippen LogP contribution is -2.19. The lowest BCUT2D eigenvalue weighted by atomic mass is 9.87. The number of carbonyl (C=O) groups is 1. The molecule has 2 heterocycles. The maximum atomic E-state index is 13.2. The molecular weight excluding hydrogens is 456 g/mol. The van der Waals surface area contributed by atoms with Gasteiger partial charge in [0.05, 0.1) is 21.4 Å². The van der Waals surface area contributed by atoms with E-state index in [1.165, 1.54) is 32.3 Å². The van der Waals surface area contributed by atoms with Gasteiger partial charge in [-0.25, -0.2) is 0 Å². The van der Waals surface area contributed by atoms with Crippen molar-refractivity contribution in [3.05, 3.63) is 69.7 Å². The molecule has 2 aliphatic rings. The highest BCUT2D eigenvalue weighted by atomic mass is 32.2.